The largest absolute Gasteiger partial charge is 0.463 e. The van der Waals surface area contributed by atoms with E-state index in [1.807, 2.05) is 91.0 Å². The molecule has 0 aliphatic rings. The van der Waals surface area contributed by atoms with Crippen molar-refractivity contribution in [1.82, 2.24) is 10.6 Å². The van der Waals surface area contributed by atoms with Gasteiger partial charge in [-0.15, -0.1) is 13.2 Å². The smallest absolute Gasteiger partial charge is 0.309 e. The molecule has 0 saturated heterocycles. The van der Waals surface area contributed by atoms with Crippen molar-refractivity contribution in [3.63, 3.8) is 0 Å². The number of benzene rings is 3. The Morgan fingerprint density at radius 1 is 0.696 bits per heavy atom. The number of allylic oxidation sites excluding steroid dienone is 2. The summed E-state index contributed by atoms with van der Waals surface area (Å²) in [7, 11) is 0. The summed E-state index contributed by atoms with van der Waals surface area (Å²) >= 11 is 0. The van der Waals surface area contributed by atoms with Gasteiger partial charge in [-0.05, 0) is 42.4 Å². The zero-order chi connectivity index (χ0) is 33.0. The Kier molecular flexibility index (Phi) is 16.0. The van der Waals surface area contributed by atoms with Gasteiger partial charge in [-0.2, -0.15) is 0 Å². The van der Waals surface area contributed by atoms with Gasteiger partial charge in [-0.3, -0.25) is 14.4 Å². The average molecular weight is 627 g/mol. The maximum Gasteiger partial charge on any atom is 0.309 e. The van der Waals surface area contributed by atoms with Gasteiger partial charge in [0, 0.05) is 6.42 Å². The SMILES string of the molecule is C=CCC(CC(=O)NC(CO)Cc1ccccc1)C(=O)NC(COCc1ccccc1)COC(=O)C(CC=C)Cc1ccccc1. The van der Waals surface area contributed by atoms with Gasteiger partial charge in [0.25, 0.3) is 0 Å². The Labute approximate surface area is 272 Å². The Morgan fingerprint density at radius 3 is 1.80 bits per heavy atom. The number of carbonyl (C=O) groups is 3. The lowest BCUT2D eigenvalue weighted by molar-refractivity contribution is -0.150. The highest BCUT2D eigenvalue weighted by Crippen LogP contribution is 2.16. The molecule has 0 heterocycles. The minimum atomic E-state index is -0.715. The lowest BCUT2D eigenvalue weighted by Gasteiger charge is -2.24. The van der Waals surface area contributed by atoms with Crippen molar-refractivity contribution < 1.29 is 29.0 Å². The number of aliphatic hydroxyl groups is 1. The van der Waals surface area contributed by atoms with E-state index in [1.165, 1.54) is 0 Å². The summed E-state index contributed by atoms with van der Waals surface area (Å²) in [4.78, 5) is 39.6. The molecule has 4 atom stereocenters. The molecule has 0 saturated carbocycles. The highest BCUT2D eigenvalue weighted by molar-refractivity contribution is 5.86. The van der Waals surface area contributed by atoms with E-state index in [9.17, 15) is 19.5 Å². The molecule has 46 heavy (non-hydrogen) atoms. The summed E-state index contributed by atoms with van der Waals surface area (Å²) < 4.78 is 11.6. The molecule has 0 aromatic heterocycles. The lowest BCUT2D eigenvalue weighted by Crippen LogP contribution is -2.46. The Bertz CT molecular complexity index is 1350. The number of rotatable bonds is 21. The molecule has 0 aliphatic carbocycles. The summed E-state index contributed by atoms with van der Waals surface area (Å²) in [6.07, 6.45) is 4.87. The van der Waals surface area contributed by atoms with E-state index in [0.29, 0.717) is 25.9 Å². The number of esters is 1. The van der Waals surface area contributed by atoms with Gasteiger partial charge in [0.2, 0.25) is 11.8 Å². The lowest BCUT2D eigenvalue weighted by atomic mass is 9.96. The van der Waals surface area contributed by atoms with Crippen molar-refractivity contribution in [3.05, 3.63) is 133 Å². The number of aliphatic hydroxyl groups excluding tert-OH is 1. The van der Waals surface area contributed by atoms with Crippen LogP contribution in [0, 0.1) is 11.8 Å². The number of amides is 2. The summed E-state index contributed by atoms with van der Waals surface area (Å²) in [6, 6.07) is 27.7. The molecule has 0 bridgehead atoms. The molecule has 0 radical (unpaired) electrons. The van der Waals surface area contributed by atoms with Crippen LogP contribution in [0.1, 0.15) is 36.0 Å². The van der Waals surface area contributed by atoms with Crippen LogP contribution in [0.3, 0.4) is 0 Å². The van der Waals surface area contributed by atoms with E-state index in [2.05, 4.69) is 23.8 Å². The van der Waals surface area contributed by atoms with Gasteiger partial charge >= 0.3 is 5.97 Å². The van der Waals surface area contributed by atoms with Crippen LogP contribution in [0.5, 0.6) is 0 Å². The Morgan fingerprint density at radius 2 is 1.24 bits per heavy atom. The number of ether oxygens (including phenoxy) is 2. The molecule has 3 N–H and O–H groups in total. The van der Waals surface area contributed by atoms with E-state index in [1.54, 1.807) is 12.2 Å². The normalized spacial score (nSPS) is 13.4. The van der Waals surface area contributed by atoms with Crippen molar-refractivity contribution in [2.45, 2.75) is 50.8 Å². The van der Waals surface area contributed by atoms with Gasteiger partial charge < -0.3 is 25.2 Å². The fourth-order valence-electron chi connectivity index (χ4n) is 5.06. The standard InChI is InChI=1S/C38H46N2O6/c1-3-14-32(24-36(42)39-34(25-41)23-30-18-10-6-11-19-30)37(43)40-35(27-45-26-31-20-12-7-13-21-31)28-46-38(44)33(15-4-2)22-29-16-8-5-9-17-29/h3-13,16-21,32-35,41H,1-2,14-15,22-28H2,(H,39,42)(H,40,43). The van der Waals surface area contributed by atoms with Gasteiger partial charge in [0.15, 0.2) is 0 Å². The second kappa shape index (κ2) is 20.5. The summed E-state index contributed by atoms with van der Waals surface area (Å²) in [6.45, 7) is 7.63. The van der Waals surface area contributed by atoms with Crippen LogP contribution < -0.4 is 10.6 Å². The molecule has 2 amide bonds. The molecule has 244 valence electrons. The van der Waals surface area contributed by atoms with Crippen LogP contribution in [0.25, 0.3) is 0 Å². The van der Waals surface area contributed by atoms with Gasteiger partial charge in [-0.1, -0.05) is 103 Å². The summed E-state index contributed by atoms with van der Waals surface area (Å²) in [5.74, 6) is -2.26. The molecule has 0 aliphatic heterocycles. The fourth-order valence-corrected chi connectivity index (χ4v) is 5.06. The Balaban J connectivity index is 1.63. The van der Waals surface area contributed by atoms with Crippen LogP contribution in [0.15, 0.2) is 116 Å². The monoisotopic (exact) mass is 626 g/mol. The highest BCUT2D eigenvalue weighted by atomic mass is 16.5. The average Bonchev–Trinajstić information content (AvgIpc) is 3.07. The number of carbonyl (C=O) groups excluding carboxylic acids is 3. The van der Waals surface area contributed by atoms with E-state index in [-0.39, 0.29) is 50.4 Å². The van der Waals surface area contributed by atoms with Gasteiger partial charge in [-0.25, -0.2) is 0 Å². The second-order valence-electron chi connectivity index (χ2n) is 11.3. The highest BCUT2D eigenvalue weighted by Gasteiger charge is 2.26. The van der Waals surface area contributed by atoms with Crippen molar-refractivity contribution in [2.75, 3.05) is 19.8 Å². The van der Waals surface area contributed by atoms with E-state index in [4.69, 9.17) is 9.47 Å². The fraction of sp³-hybridized carbons (Fsp3) is 0.342. The molecule has 3 rings (SSSR count). The summed E-state index contributed by atoms with van der Waals surface area (Å²) in [5, 5.41) is 15.6. The molecular formula is C38H46N2O6. The van der Waals surface area contributed by atoms with Crippen LogP contribution in [-0.4, -0.2) is 54.8 Å². The second-order valence-corrected chi connectivity index (χ2v) is 11.3. The predicted octanol–water partition coefficient (Wildman–Crippen LogP) is 4.97. The molecule has 8 heteroatoms. The van der Waals surface area contributed by atoms with Crippen LogP contribution in [0.4, 0.5) is 0 Å². The molecular weight excluding hydrogens is 580 g/mol. The first kappa shape index (κ1) is 35.9. The molecule has 0 fully saturated rings. The third-order valence-electron chi connectivity index (χ3n) is 7.48. The molecule has 3 aromatic rings. The van der Waals surface area contributed by atoms with Crippen molar-refractivity contribution >= 4 is 17.8 Å². The first-order valence-corrected chi connectivity index (χ1v) is 15.7. The third kappa shape index (κ3) is 13.2. The van der Waals surface area contributed by atoms with Crippen LogP contribution in [-0.2, 0) is 43.3 Å². The quantitative estimate of drug-likeness (QED) is 0.114. The number of hydrogen-bond acceptors (Lipinski definition) is 6. The molecule has 0 spiro atoms. The van der Waals surface area contributed by atoms with E-state index in [0.717, 1.165) is 16.7 Å². The zero-order valence-electron chi connectivity index (χ0n) is 26.4. The molecule has 4 unspecified atom stereocenters. The number of nitrogens with one attached hydrogen (secondary N) is 2. The minimum Gasteiger partial charge on any atom is -0.463 e. The minimum absolute atomic E-state index is 0.0927. The topological polar surface area (TPSA) is 114 Å². The molecule has 8 nitrogen and oxygen atoms in total. The van der Waals surface area contributed by atoms with Crippen molar-refractivity contribution in [2.24, 2.45) is 11.8 Å². The first-order chi connectivity index (χ1) is 22.4. The van der Waals surface area contributed by atoms with Crippen LogP contribution >= 0.6 is 0 Å². The first-order valence-electron chi connectivity index (χ1n) is 15.7. The van der Waals surface area contributed by atoms with E-state index < -0.39 is 23.9 Å². The zero-order valence-corrected chi connectivity index (χ0v) is 26.4. The van der Waals surface area contributed by atoms with Gasteiger partial charge in [0.1, 0.15) is 6.61 Å². The van der Waals surface area contributed by atoms with Crippen LogP contribution in [0.2, 0.25) is 0 Å². The number of hydrogen-bond donors (Lipinski definition) is 3. The van der Waals surface area contributed by atoms with Crippen molar-refractivity contribution in [3.8, 4) is 0 Å². The van der Waals surface area contributed by atoms with Crippen molar-refractivity contribution in [1.29, 1.82) is 0 Å². The maximum atomic E-state index is 13.5. The van der Waals surface area contributed by atoms with Gasteiger partial charge in [0.05, 0.1) is 43.7 Å². The van der Waals surface area contributed by atoms with E-state index >= 15 is 0 Å². The summed E-state index contributed by atoms with van der Waals surface area (Å²) in [5.41, 5.74) is 2.96. The predicted molar refractivity (Wildman–Crippen MR) is 180 cm³/mol. The maximum absolute atomic E-state index is 13.5. The Hall–Kier alpha value is -4.53. The molecule has 3 aromatic carbocycles. The third-order valence-corrected chi connectivity index (χ3v) is 7.48.